The molecule has 0 fully saturated rings. The molecule has 0 unspecified atom stereocenters. The summed E-state index contributed by atoms with van der Waals surface area (Å²) in [5, 5.41) is 3.70. The molecule has 2 aromatic carbocycles. The van der Waals surface area contributed by atoms with E-state index in [9.17, 15) is 0 Å². The second-order valence-corrected chi connectivity index (χ2v) is 8.86. The van der Waals surface area contributed by atoms with Gasteiger partial charge in [-0.05, 0) is 44.2 Å². The van der Waals surface area contributed by atoms with Gasteiger partial charge in [-0.15, -0.1) is 12.4 Å². The van der Waals surface area contributed by atoms with Crippen molar-refractivity contribution in [2.75, 3.05) is 0 Å². The molecule has 1 N–H and O–H groups in total. The monoisotopic (exact) mass is 375 g/mol. The van der Waals surface area contributed by atoms with Gasteiger partial charge in [0.1, 0.15) is 12.4 Å². The molecule has 0 amide bonds. The molecule has 2 nitrogen and oxygen atoms in total. The molecule has 0 aliphatic rings. The third-order valence-electron chi connectivity index (χ3n) is 4.22. The summed E-state index contributed by atoms with van der Waals surface area (Å²) in [7, 11) is 0. The average Bonchev–Trinajstić information content (AvgIpc) is 2.51. The summed E-state index contributed by atoms with van der Waals surface area (Å²) in [6.45, 7) is 14.9. The Hall–Kier alpha value is -1.51. The summed E-state index contributed by atoms with van der Waals surface area (Å²) in [6.07, 6.45) is 1.12. The third kappa shape index (κ3) is 7.80. The van der Waals surface area contributed by atoms with Crippen molar-refractivity contribution in [3.63, 3.8) is 0 Å². The highest BCUT2D eigenvalue weighted by atomic mass is 35.5. The quantitative estimate of drug-likeness (QED) is 0.613. The van der Waals surface area contributed by atoms with Crippen LogP contribution in [0.4, 0.5) is 0 Å². The van der Waals surface area contributed by atoms with Crippen LogP contribution in [0, 0.1) is 12.3 Å². The molecule has 0 aliphatic heterocycles. The Balaban J connectivity index is 0.00000338. The van der Waals surface area contributed by atoms with E-state index in [1.165, 1.54) is 16.7 Å². The minimum absolute atomic E-state index is 0. The topological polar surface area (TPSA) is 21.3 Å². The fourth-order valence-corrected chi connectivity index (χ4v) is 3.36. The van der Waals surface area contributed by atoms with E-state index in [0.29, 0.717) is 12.0 Å². The highest BCUT2D eigenvalue weighted by Crippen LogP contribution is 2.28. The van der Waals surface area contributed by atoms with E-state index < -0.39 is 0 Å². The summed E-state index contributed by atoms with van der Waals surface area (Å²) >= 11 is 0. The van der Waals surface area contributed by atoms with Crippen LogP contribution in [0.5, 0.6) is 5.75 Å². The molecule has 0 bridgehead atoms. The average molecular weight is 376 g/mol. The van der Waals surface area contributed by atoms with Crippen LogP contribution in [0.2, 0.25) is 0 Å². The van der Waals surface area contributed by atoms with Gasteiger partial charge in [-0.2, -0.15) is 0 Å². The number of rotatable bonds is 7. The Kier molecular flexibility index (Phi) is 8.17. The van der Waals surface area contributed by atoms with E-state index in [-0.39, 0.29) is 17.9 Å². The molecule has 0 saturated carbocycles. The van der Waals surface area contributed by atoms with Crippen molar-refractivity contribution in [2.45, 2.75) is 66.7 Å². The number of benzene rings is 2. The fraction of sp³-hybridized carbons (Fsp3) is 0.478. The van der Waals surface area contributed by atoms with Gasteiger partial charge in [0.2, 0.25) is 0 Å². The maximum atomic E-state index is 6.09. The largest absolute Gasteiger partial charge is 0.489 e. The first-order valence-corrected chi connectivity index (χ1v) is 9.16. The molecule has 2 aromatic rings. The zero-order valence-corrected chi connectivity index (χ0v) is 17.9. The molecule has 0 heterocycles. The lowest BCUT2D eigenvalue weighted by atomic mass is 9.82. The van der Waals surface area contributed by atoms with Crippen molar-refractivity contribution in [1.29, 1.82) is 0 Å². The number of ether oxygens (including phenoxy) is 1. The molecule has 26 heavy (non-hydrogen) atoms. The van der Waals surface area contributed by atoms with Crippen LogP contribution in [-0.4, -0.2) is 5.54 Å². The molecule has 0 aromatic heterocycles. The second-order valence-electron chi connectivity index (χ2n) is 8.86. The normalized spacial score (nSPS) is 11.8. The maximum Gasteiger partial charge on any atom is 0.124 e. The molecule has 3 heteroatoms. The van der Waals surface area contributed by atoms with Crippen LogP contribution in [0.1, 0.15) is 57.7 Å². The summed E-state index contributed by atoms with van der Waals surface area (Å²) in [6, 6.07) is 16.8. The molecule has 0 atom stereocenters. The predicted octanol–water partition coefficient (Wildman–Crippen LogP) is 6.30. The first kappa shape index (κ1) is 22.5. The predicted molar refractivity (Wildman–Crippen MR) is 114 cm³/mol. The smallest absolute Gasteiger partial charge is 0.124 e. The van der Waals surface area contributed by atoms with E-state index in [0.717, 1.165) is 18.7 Å². The number of para-hydroxylation sites is 1. The highest BCUT2D eigenvalue weighted by Gasteiger charge is 2.25. The minimum Gasteiger partial charge on any atom is -0.489 e. The lowest BCUT2D eigenvalue weighted by Crippen LogP contribution is -2.41. The Bertz CT molecular complexity index is 671. The minimum atomic E-state index is 0. The first-order chi connectivity index (χ1) is 11.6. The van der Waals surface area contributed by atoms with Crippen molar-refractivity contribution in [3.05, 3.63) is 65.2 Å². The summed E-state index contributed by atoms with van der Waals surface area (Å²) in [5.41, 5.74) is 4.06. The SMILES string of the molecule is Cc1ccc(COc2ccccc2CNC(C)(C)CC(C)(C)C)cc1.Cl. The molecule has 0 spiro atoms. The van der Waals surface area contributed by atoms with Gasteiger partial charge in [0.25, 0.3) is 0 Å². The van der Waals surface area contributed by atoms with Gasteiger partial charge in [0, 0.05) is 17.6 Å². The van der Waals surface area contributed by atoms with Crippen molar-refractivity contribution in [3.8, 4) is 5.75 Å². The summed E-state index contributed by atoms with van der Waals surface area (Å²) in [5.74, 6) is 0.960. The zero-order chi connectivity index (χ0) is 18.5. The number of halogens is 1. The molecular formula is C23H34ClNO. The number of aryl methyl sites for hydroxylation is 1. The molecule has 144 valence electrons. The van der Waals surface area contributed by atoms with Crippen LogP contribution in [0.3, 0.4) is 0 Å². The molecular weight excluding hydrogens is 342 g/mol. The van der Waals surface area contributed by atoms with Gasteiger partial charge in [-0.25, -0.2) is 0 Å². The van der Waals surface area contributed by atoms with E-state index in [4.69, 9.17) is 4.74 Å². The summed E-state index contributed by atoms with van der Waals surface area (Å²) in [4.78, 5) is 0. The Labute approximate surface area is 165 Å². The lowest BCUT2D eigenvalue weighted by Gasteiger charge is -2.33. The van der Waals surface area contributed by atoms with Crippen LogP contribution in [-0.2, 0) is 13.2 Å². The fourth-order valence-electron chi connectivity index (χ4n) is 3.36. The van der Waals surface area contributed by atoms with Gasteiger partial charge < -0.3 is 10.1 Å². The first-order valence-electron chi connectivity index (χ1n) is 9.16. The molecule has 2 rings (SSSR count). The van der Waals surface area contributed by atoms with Crippen molar-refractivity contribution in [2.24, 2.45) is 5.41 Å². The van der Waals surface area contributed by atoms with E-state index >= 15 is 0 Å². The Morgan fingerprint density at radius 1 is 0.885 bits per heavy atom. The van der Waals surface area contributed by atoms with Gasteiger partial charge >= 0.3 is 0 Å². The van der Waals surface area contributed by atoms with Crippen molar-refractivity contribution >= 4 is 12.4 Å². The van der Waals surface area contributed by atoms with Crippen LogP contribution < -0.4 is 10.1 Å². The van der Waals surface area contributed by atoms with Gasteiger partial charge in [-0.3, -0.25) is 0 Å². The Morgan fingerprint density at radius 2 is 1.50 bits per heavy atom. The number of nitrogens with one attached hydrogen (secondary N) is 1. The van der Waals surface area contributed by atoms with E-state index in [2.05, 4.69) is 89.3 Å². The van der Waals surface area contributed by atoms with Gasteiger partial charge in [0.15, 0.2) is 0 Å². The van der Waals surface area contributed by atoms with Crippen LogP contribution >= 0.6 is 12.4 Å². The van der Waals surface area contributed by atoms with Gasteiger partial charge in [0.05, 0.1) is 0 Å². The highest BCUT2D eigenvalue weighted by molar-refractivity contribution is 5.85. The van der Waals surface area contributed by atoms with E-state index in [1.54, 1.807) is 0 Å². The zero-order valence-electron chi connectivity index (χ0n) is 17.1. The van der Waals surface area contributed by atoms with E-state index in [1.807, 2.05) is 6.07 Å². The molecule has 0 radical (unpaired) electrons. The van der Waals surface area contributed by atoms with Crippen LogP contribution in [0.15, 0.2) is 48.5 Å². The van der Waals surface area contributed by atoms with Crippen LogP contribution in [0.25, 0.3) is 0 Å². The standard InChI is InChI=1S/C23H33NO.ClH/c1-18-11-13-19(14-12-18)16-25-21-10-8-7-9-20(21)15-24-23(5,6)17-22(2,3)4;/h7-14,24H,15-17H2,1-6H3;1H. The number of hydrogen-bond acceptors (Lipinski definition) is 2. The maximum absolute atomic E-state index is 6.09. The third-order valence-corrected chi connectivity index (χ3v) is 4.22. The van der Waals surface area contributed by atoms with Gasteiger partial charge in [-0.1, -0.05) is 68.8 Å². The number of hydrogen-bond donors (Lipinski definition) is 1. The summed E-state index contributed by atoms with van der Waals surface area (Å²) < 4.78 is 6.09. The van der Waals surface area contributed by atoms with Crippen molar-refractivity contribution in [1.82, 2.24) is 5.32 Å². The molecule has 0 aliphatic carbocycles. The Morgan fingerprint density at radius 3 is 2.12 bits per heavy atom. The second kappa shape index (κ2) is 9.43. The van der Waals surface area contributed by atoms with Crippen molar-refractivity contribution < 1.29 is 4.74 Å². The lowest BCUT2D eigenvalue weighted by molar-refractivity contribution is 0.238. The molecule has 0 saturated heterocycles.